The van der Waals surface area contributed by atoms with Crippen LogP contribution < -0.4 is 4.74 Å². The number of hydrogen-bond donors (Lipinski definition) is 2. The average Bonchev–Trinajstić information content (AvgIpc) is 2.26. The van der Waals surface area contributed by atoms with Crippen LogP contribution in [-0.2, 0) is 0 Å². The third-order valence-electron chi connectivity index (χ3n) is 2.41. The predicted molar refractivity (Wildman–Crippen MR) is 59.0 cm³/mol. The van der Waals surface area contributed by atoms with Gasteiger partial charge in [0, 0.05) is 5.92 Å². The lowest BCUT2D eigenvalue weighted by molar-refractivity contribution is 0.139. The van der Waals surface area contributed by atoms with Gasteiger partial charge in [-0.3, -0.25) is 0 Å². The van der Waals surface area contributed by atoms with Gasteiger partial charge in [-0.15, -0.1) is 6.58 Å². The molecule has 1 aromatic rings. The summed E-state index contributed by atoms with van der Waals surface area (Å²) >= 11 is 0. The number of phenolic OH excluding ortho intramolecular Hbond substituents is 1. The quantitative estimate of drug-likeness (QED) is 0.746. The van der Waals surface area contributed by atoms with Crippen molar-refractivity contribution in [3.63, 3.8) is 0 Å². The number of aromatic hydroxyl groups is 1. The van der Waals surface area contributed by atoms with E-state index in [9.17, 15) is 10.2 Å². The van der Waals surface area contributed by atoms with Crippen molar-refractivity contribution in [2.75, 3.05) is 7.11 Å². The van der Waals surface area contributed by atoms with Crippen LogP contribution in [0.25, 0.3) is 0 Å². The fraction of sp³-hybridized carbons (Fsp3) is 0.333. The Morgan fingerprint density at radius 3 is 2.60 bits per heavy atom. The molecular formula is C12H16O3. The van der Waals surface area contributed by atoms with Gasteiger partial charge >= 0.3 is 0 Å². The van der Waals surface area contributed by atoms with Crippen LogP contribution >= 0.6 is 0 Å². The van der Waals surface area contributed by atoms with E-state index in [-0.39, 0.29) is 11.7 Å². The van der Waals surface area contributed by atoms with Crippen molar-refractivity contribution in [2.45, 2.75) is 13.0 Å². The topological polar surface area (TPSA) is 49.7 Å². The molecule has 0 bridgehead atoms. The first-order chi connectivity index (χ1) is 7.10. The van der Waals surface area contributed by atoms with Crippen LogP contribution in [0, 0.1) is 5.92 Å². The van der Waals surface area contributed by atoms with Gasteiger partial charge in [-0.1, -0.05) is 19.1 Å². The van der Waals surface area contributed by atoms with Gasteiger partial charge in [-0.2, -0.15) is 0 Å². The van der Waals surface area contributed by atoms with Crippen molar-refractivity contribution in [3.05, 3.63) is 36.4 Å². The molecule has 0 aromatic heterocycles. The standard InChI is InChI=1S/C12H16O3/c1-4-8(2)12(14)9-5-6-11(15-3)10(13)7-9/h4-8,12-14H,1H2,2-3H3/t8-,12+/m1/s1. The molecule has 0 spiro atoms. The zero-order valence-electron chi connectivity index (χ0n) is 8.97. The minimum absolute atomic E-state index is 0.0327. The highest BCUT2D eigenvalue weighted by molar-refractivity contribution is 5.42. The molecule has 82 valence electrons. The summed E-state index contributed by atoms with van der Waals surface area (Å²) in [7, 11) is 1.48. The Labute approximate surface area is 89.6 Å². The molecule has 3 heteroatoms. The van der Waals surface area contributed by atoms with Gasteiger partial charge in [0.1, 0.15) is 0 Å². The highest BCUT2D eigenvalue weighted by Gasteiger charge is 2.15. The van der Waals surface area contributed by atoms with Gasteiger partial charge in [0.2, 0.25) is 0 Å². The summed E-state index contributed by atoms with van der Waals surface area (Å²) in [6.07, 6.45) is 1.02. The fourth-order valence-electron chi connectivity index (χ4n) is 1.32. The Balaban J connectivity index is 2.96. The first-order valence-electron chi connectivity index (χ1n) is 4.77. The second-order valence-corrected chi connectivity index (χ2v) is 3.47. The van der Waals surface area contributed by atoms with E-state index in [1.165, 1.54) is 13.2 Å². The third-order valence-corrected chi connectivity index (χ3v) is 2.41. The first-order valence-corrected chi connectivity index (χ1v) is 4.77. The molecular weight excluding hydrogens is 192 g/mol. The molecule has 0 saturated heterocycles. The zero-order valence-corrected chi connectivity index (χ0v) is 8.97. The number of aliphatic hydroxyl groups excluding tert-OH is 1. The molecule has 0 fully saturated rings. The molecule has 2 atom stereocenters. The molecule has 0 amide bonds. The molecule has 0 saturated carbocycles. The lowest BCUT2D eigenvalue weighted by atomic mass is 9.97. The number of benzene rings is 1. The first kappa shape index (κ1) is 11.6. The number of phenols is 1. The number of aliphatic hydroxyl groups is 1. The van der Waals surface area contributed by atoms with Gasteiger partial charge in [0.05, 0.1) is 13.2 Å². The maximum absolute atomic E-state index is 9.85. The van der Waals surface area contributed by atoms with E-state index < -0.39 is 6.10 Å². The van der Waals surface area contributed by atoms with Crippen LogP contribution in [0.4, 0.5) is 0 Å². The Morgan fingerprint density at radius 2 is 2.13 bits per heavy atom. The summed E-state index contributed by atoms with van der Waals surface area (Å²) in [5, 5.41) is 19.4. The van der Waals surface area contributed by atoms with Crippen molar-refractivity contribution in [1.82, 2.24) is 0 Å². The van der Waals surface area contributed by atoms with Crippen LogP contribution in [0.5, 0.6) is 11.5 Å². The third kappa shape index (κ3) is 2.50. The number of hydrogen-bond acceptors (Lipinski definition) is 3. The van der Waals surface area contributed by atoms with Gasteiger partial charge < -0.3 is 14.9 Å². The molecule has 0 aliphatic carbocycles. The summed E-state index contributed by atoms with van der Waals surface area (Å²) in [5.74, 6) is 0.375. The van der Waals surface area contributed by atoms with E-state index in [4.69, 9.17) is 4.74 Å². The molecule has 0 unspecified atom stereocenters. The second-order valence-electron chi connectivity index (χ2n) is 3.47. The monoisotopic (exact) mass is 208 g/mol. The molecule has 0 aliphatic rings. The van der Waals surface area contributed by atoms with E-state index in [1.807, 2.05) is 6.92 Å². The summed E-state index contributed by atoms with van der Waals surface area (Å²) in [4.78, 5) is 0. The smallest absolute Gasteiger partial charge is 0.160 e. The van der Waals surface area contributed by atoms with Crippen molar-refractivity contribution in [3.8, 4) is 11.5 Å². The highest BCUT2D eigenvalue weighted by atomic mass is 16.5. The zero-order chi connectivity index (χ0) is 11.4. The van der Waals surface area contributed by atoms with E-state index in [1.54, 1.807) is 18.2 Å². The minimum atomic E-state index is -0.653. The molecule has 0 aliphatic heterocycles. The minimum Gasteiger partial charge on any atom is -0.504 e. The van der Waals surface area contributed by atoms with Gasteiger partial charge in [0.15, 0.2) is 11.5 Å². The van der Waals surface area contributed by atoms with E-state index >= 15 is 0 Å². The Kier molecular flexibility index (Phi) is 3.74. The lowest BCUT2D eigenvalue weighted by Gasteiger charge is -2.16. The normalized spacial score (nSPS) is 14.3. The van der Waals surface area contributed by atoms with Crippen molar-refractivity contribution < 1.29 is 14.9 Å². The van der Waals surface area contributed by atoms with Crippen LogP contribution in [0.1, 0.15) is 18.6 Å². The number of ether oxygens (including phenoxy) is 1. The Hall–Kier alpha value is -1.48. The number of rotatable bonds is 4. The van der Waals surface area contributed by atoms with E-state index in [0.29, 0.717) is 11.3 Å². The SMILES string of the molecule is C=C[C@@H](C)[C@H](O)c1ccc(OC)c(O)c1. The van der Waals surface area contributed by atoms with Crippen LogP contribution in [0.3, 0.4) is 0 Å². The number of methoxy groups -OCH3 is 1. The molecule has 0 radical (unpaired) electrons. The molecule has 15 heavy (non-hydrogen) atoms. The van der Waals surface area contributed by atoms with Crippen LogP contribution in [-0.4, -0.2) is 17.3 Å². The molecule has 2 N–H and O–H groups in total. The molecule has 1 aromatic carbocycles. The summed E-state index contributed by atoms with van der Waals surface area (Å²) in [6, 6.07) is 4.86. The largest absolute Gasteiger partial charge is 0.504 e. The average molecular weight is 208 g/mol. The van der Waals surface area contributed by atoms with Gasteiger partial charge in [0.25, 0.3) is 0 Å². The molecule has 0 heterocycles. The maximum atomic E-state index is 9.85. The Bertz CT molecular complexity index is 347. The van der Waals surface area contributed by atoms with Crippen molar-refractivity contribution >= 4 is 0 Å². The summed E-state index contributed by atoms with van der Waals surface area (Å²) in [5.41, 5.74) is 0.653. The highest BCUT2D eigenvalue weighted by Crippen LogP contribution is 2.31. The fourth-order valence-corrected chi connectivity index (χ4v) is 1.32. The van der Waals surface area contributed by atoms with Crippen LogP contribution in [0.15, 0.2) is 30.9 Å². The summed E-state index contributed by atoms with van der Waals surface area (Å²) in [6.45, 7) is 5.48. The van der Waals surface area contributed by atoms with Crippen molar-refractivity contribution in [1.29, 1.82) is 0 Å². The Morgan fingerprint density at radius 1 is 1.47 bits per heavy atom. The van der Waals surface area contributed by atoms with Gasteiger partial charge in [-0.25, -0.2) is 0 Å². The summed E-state index contributed by atoms with van der Waals surface area (Å²) < 4.78 is 4.91. The van der Waals surface area contributed by atoms with E-state index in [0.717, 1.165) is 0 Å². The lowest BCUT2D eigenvalue weighted by Crippen LogP contribution is -2.06. The molecule has 3 nitrogen and oxygen atoms in total. The van der Waals surface area contributed by atoms with E-state index in [2.05, 4.69) is 6.58 Å². The van der Waals surface area contributed by atoms with Crippen LogP contribution in [0.2, 0.25) is 0 Å². The molecule has 1 rings (SSSR count). The predicted octanol–water partition coefficient (Wildman–Crippen LogP) is 2.26. The van der Waals surface area contributed by atoms with Crippen molar-refractivity contribution in [2.24, 2.45) is 5.92 Å². The maximum Gasteiger partial charge on any atom is 0.160 e. The van der Waals surface area contributed by atoms with Gasteiger partial charge in [-0.05, 0) is 17.7 Å². The second kappa shape index (κ2) is 4.84.